The summed E-state index contributed by atoms with van der Waals surface area (Å²) >= 11 is 0. The highest BCUT2D eigenvalue weighted by molar-refractivity contribution is 6.04. The lowest BCUT2D eigenvalue weighted by Gasteiger charge is -2.47. The first-order chi connectivity index (χ1) is 30.3. The van der Waals surface area contributed by atoms with E-state index in [1.807, 2.05) is 62.4 Å². The number of amides is 1. The van der Waals surface area contributed by atoms with Crippen molar-refractivity contribution in [2.75, 3.05) is 16.8 Å². The van der Waals surface area contributed by atoms with Crippen molar-refractivity contribution in [2.45, 2.75) is 58.5 Å². The molecule has 1 N–H and O–H groups in total. The number of aryl methyl sites for hydroxylation is 2. The maximum Gasteiger partial charge on any atom is 0.311 e. The molecule has 1 fully saturated rings. The Morgan fingerprint density at radius 3 is 1.59 bits per heavy atom. The van der Waals surface area contributed by atoms with Crippen LogP contribution in [-0.2, 0) is 14.3 Å². The van der Waals surface area contributed by atoms with Crippen molar-refractivity contribution >= 4 is 34.8 Å². The Bertz CT molecular complexity index is 2480. The highest BCUT2D eigenvalue weighted by Gasteiger charge is 2.48. The third-order valence-electron chi connectivity index (χ3n) is 11.0. The van der Waals surface area contributed by atoms with Gasteiger partial charge >= 0.3 is 5.97 Å². The van der Waals surface area contributed by atoms with E-state index in [4.69, 9.17) is 4.74 Å². The summed E-state index contributed by atoms with van der Waals surface area (Å²) in [5.74, 6) is -3.37. The summed E-state index contributed by atoms with van der Waals surface area (Å²) < 4.78 is 58.4. The van der Waals surface area contributed by atoms with Gasteiger partial charge in [-0.15, -0.1) is 0 Å². The minimum atomic E-state index is -0.679. The lowest BCUT2D eigenvalue weighted by Crippen LogP contribution is -2.55. The molecular weight excluding hydrogens is 809 g/mol. The Labute approximate surface area is 364 Å². The molecule has 1 aliphatic rings. The van der Waals surface area contributed by atoms with E-state index in [1.165, 1.54) is 72.8 Å². The van der Waals surface area contributed by atoms with Gasteiger partial charge in [-0.05, 0) is 142 Å². The van der Waals surface area contributed by atoms with Gasteiger partial charge in [0.2, 0.25) is 5.91 Å². The van der Waals surface area contributed by atoms with Gasteiger partial charge in [-0.1, -0.05) is 59.7 Å². The van der Waals surface area contributed by atoms with Crippen LogP contribution in [0.25, 0.3) is 0 Å². The van der Waals surface area contributed by atoms with Crippen molar-refractivity contribution in [2.24, 2.45) is 11.8 Å². The number of carbonyl (C=O) groups is 4. The van der Waals surface area contributed by atoms with Gasteiger partial charge in [-0.2, -0.15) is 0 Å². The molecule has 0 radical (unpaired) electrons. The Hall–Kier alpha value is -6.88. The first-order valence-electron chi connectivity index (χ1n) is 20.8. The predicted octanol–water partition coefficient (Wildman–Crippen LogP) is 11.9. The zero-order valence-electron chi connectivity index (χ0n) is 35.2. The van der Waals surface area contributed by atoms with Crippen LogP contribution in [0.15, 0.2) is 146 Å². The number of β-lactam (4-membered cyclic amide) rings is 1. The van der Waals surface area contributed by atoms with E-state index < -0.39 is 29.6 Å². The third kappa shape index (κ3) is 11.9. The number of hydrogen-bond acceptors (Lipinski definition) is 6. The fourth-order valence-corrected chi connectivity index (χ4v) is 7.58. The summed E-state index contributed by atoms with van der Waals surface area (Å²) in [5, 5.41) is 3.32. The second kappa shape index (κ2) is 21.3. The summed E-state index contributed by atoms with van der Waals surface area (Å²) in [6.45, 7) is 5.90. The number of carbonyl (C=O) groups excluding carboxylic acids is 4. The third-order valence-corrected chi connectivity index (χ3v) is 11.0. The summed E-state index contributed by atoms with van der Waals surface area (Å²) in [7, 11) is 0. The maximum absolute atomic E-state index is 13.4. The van der Waals surface area contributed by atoms with Crippen molar-refractivity contribution in [1.82, 2.24) is 0 Å². The van der Waals surface area contributed by atoms with E-state index in [-0.39, 0.29) is 66.9 Å². The fraction of sp³-hybridized carbons (Fsp3) is 0.231. The first-order valence-corrected chi connectivity index (χ1v) is 20.8. The van der Waals surface area contributed by atoms with Gasteiger partial charge in [-0.25, -0.2) is 17.6 Å². The van der Waals surface area contributed by atoms with Gasteiger partial charge in [0.1, 0.15) is 23.3 Å². The Kier molecular flexibility index (Phi) is 15.4. The second-order valence-corrected chi connectivity index (χ2v) is 15.5. The predicted molar refractivity (Wildman–Crippen MR) is 235 cm³/mol. The number of Topliss-reactive ketones (excluding diaryl/α,β-unsaturated/α-hetero) is 2. The highest BCUT2D eigenvalue weighted by atomic mass is 19.1. The second-order valence-electron chi connectivity index (χ2n) is 15.5. The molecule has 11 heteroatoms. The molecule has 1 amide bonds. The van der Waals surface area contributed by atoms with Crippen LogP contribution in [0.4, 0.5) is 28.9 Å². The Morgan fingerprint density at radius 2 is 1.08 bits per heavy atom. The number of nitrogens with zero attached hydrogens (tertiary/aromatic N) is 1. The number of halogens is 4. The lowest BCUT2D eigenvalue weighted by atomic mass is 9.78. The zero-order valence-corrected chi connectivity index (χ0v) is 35.2. The normalized spacial score (nSPS) is 15.3. The van der Waals surface area contributed by atoms with Crippen LogP contribution in [-0.4, -0.2) is 30.0 Å². The summed E-state index contributed by atoms with van der Waals surface area (Å²) in [6, 6.07) is 37.5. The molecule has 324 valence electrons. The number of benzene rings is 6. The van der Waals surface area contributed by atoms with Crippen LogP contribution in [0.1, 0.15) is 87.7 Å². The summed E-state index contributed by atoms with van der Waals surface area (Å²) in [6.07, 6.45) is 0.900. The minimum absolute atomic E-state index is 0.0842. The molecule has 7 nitrogen and oxygen atoms in total. The molecule has 1 unspecified atom stereocenters. The quantitative estimate of drug-likeness (QED) is 0.0451. The van der Waals surface area contributed by atoms with E-state index >= 15 is 0 Å². The molecule has 0 bridgehead atoms. The standard InChI is InChI=1S/C27H27F2NO3.C25H21F2NO2/c1-3-33-27(32)24(16-17-25(31)19-8-10-21(28)11-9-19)26(20-6-4-18(2)5-7-20)30-23-14-12-22(29)13-15-23;1-16-2-4-18(5-3-16)24-22(14-15-23(29)17-6-8-19(26)9-7-17)25(30)28(24)21-12-10-20(27)11-13-21/h4-15,24,26,30H,3,16-17H2,1-2H3;2-13,22,24H,14-15H2,1H3/t24?,26-;22-,24-/m11/s1. The van der Waals surface area contributed by atoms with Crippen molar-refractivity contribution in [3.8, 4) is 0 Å². The molecule has 1 heterocycles. The molecule has 0 saturated carbocycles. The number of anilines is 2. The largest absolute Gasteiger partial charge is 0.466 e. The van der Waals surface area contributed by atoms with Crippen molar-refractivity contribution in [3.05, 3.63) is 202 Å². The highest BCUT2D eigenvalue weighted by Crippen LogP contribution is 2.46. The van der Waals surface area contributed by atoms with Crippen molar-refractivity contribution < 1.29 is 41.5 Å². The molecular formula is C52H48F4N2O5. The van der Waals surface area contributed by atoms with Crippen LogP contribution in [0.3, 0.4) is 0 Å². The molecule has 1 saturated heterocycles. The monoisotopic (exact) mass is 856 g/mol. The number of ether oxygens (including phenoxy) is 1. The van der Waals surface area contributed by atoms with E-state index in [0.29, 0.717) is 28.9 Å². The molecule has 6 aromatic carbocycles. The van der Waals surface area contributed by atoms with E-state index in [2.05, 4.69) is 5.32 Å². The van der Waals surface area contributed by atoms with Gasteiger partial charge < -0.3 is 15.0 Å². The topological polar surface area (TPSA) is 92.8 Å². The van der Waals surface area contributed by atoms with Gasteiger partial charge in [0.05, 0.1) is 30.5 Å². The molecule has 6 aromatic rings. The average molecular weight is 857 g/mol. The Morgan fingerprint density at radius 1 is 0.619 bits per heavy atom. The van der Waals surface area contributed by atoms with Crippen LogP contribution >= 0.6 is 0 Å². The first kappa shape index (κ1) is 45.6. The van der Waals surface area contributed by atoms with Gasteiger partial charge in [0.25, 0.3) is 0 Å². The number of ketones is 2. The number of hydrogen-bond donors (Lipinski definition) is 1. The van der Waals surface area contributed by atoms with E-state index in [1.54, 1.807) is 36.1 Å². The average Bonchev–Trinajstić information content (AvgIpc) is 3.28. The Balaban J connectivity index is 0.000000210. The summed E-state index contributed by atoms with van der Waals surface area (Å²) in [4.78, 5) is 52.8. The van der Waals surface area contributed by atoms with Gasteiger partial charge in [0.15, 0.2) is 11.6 Å². The molecule has 0 aromatic heterocycles. The SMILES string of the molecule is CCOC(=O)C(CCC(=O)c1ccc(F)cc1)[C@H](Nc1ccc(F)cc1)c1ccc(C)cc1.Cc1ccc([C@@H]2[C@@H](CCC(=O)c3ccc(F)cc3)C(=O)N2c2ccc(F)cc2)cc1. The number of rotatable bonds is 16. The molecule has 0 spiro atoms. The molecule has 0 aliphatic carbocycles. The maximum atomic E-state index is 13.4. The molecule has 4 atom stereocenters. The fourth-order valence-electron chi connectivity index (χ4n) is 7.58. The zero-order chi connectivity index (χ0) is 45.0. The summed E-state index contributed by atoms with van der Waals surface area (Å²) in [5.41, 5.74) is 6.09. The van der Waals surface area contributed by atoms with Gasteiger partial charge in [0, 0.05) is 35.3 Å². The van der Waals surface area contributed by atoms with Crippen LogP contribution in [0.5, 0.6) is 0 Å². The smallest absolute Gasteiger partial charge is 0.311 e. The lowest BCUT2D eigenvalue weighted by molar-refractivity contribution is -0.148. The number of nitrogens with one attached hydrogen (secondary N) is 1. The van der Waals surface area contributed by atoms with Crippen molar-refractivity contribution in [3.63, 3.8) is 0 Å². The molecule has 63 heavy (non-hydrogen) atoms. The molecule has 7 rings (SSSR count). The van der Waals surface area contributed by atoms with E-state index in [9.17, 15) is 36.7 Å². The number of esters is 1. The van der Waals surface area contributed by atoms with Crippen LogP contribution in [0.2, 0.25) is 0 Å². The molecule has 1 aliphatic heterocycles. The van der Waals surface area contributed by atoms with Crippen molar-refractivity contribution in [1.29, 1.82) is 0 Å². The minimum Gasteiger partial charge on any atom is -0.466 e. The van der Waals surface area contributed by atoms with Crippen LogP contribution in [0, 0.1) is 49.0 Å². The van der Waals surface area contributed by atoms with Crippen LogP contribution < -0.4 is 10.2 Å². The van der Waals surface area contributed by atoms with E-state index in [0.717, 1.165) is 22.3 Å². The van der Waals surface area contributed by atoms with Gasteiger partial charge in [-0.3, -0.25) is 19.2 Å².